The molecule has 5 heteroatoms. The van der Waals surface area contributed by atoms with Crippen molar-refractivity contribution >= 4 is 33.3 Å². The van der Waals surface area contributed by atoms with E-state index >= 15 is 0 Å². The molecule has 0 saturated heterocycles. The van der Waals surface area contributed by atoms with Gasteiger partial charge >= 0.3 is 0 Å². The van der Waals surface area contributed by atoms with Gasteiger partial charge in [0.1, 0.15) is 5.75 Å². The van der Waals surface area contributed by atoms with E-state index in [-0.39, 0.29) is 29.6 Å². The number of ether oxygens (including phenoxy) is 1. The van der Waals surface area contributed by atoms with Gasteiger partial charge in [0.05, 0.1) is 5.69 Å². The summed E-state index contributed by atoms with van der Waals surface area (Å²) < 4.78 is 6.05. The number of ketones is 1. The van der Waals surface area contributed by atoms with Crippen LogP contribution in [0.15, 0.2) is 16.6 Å². The second kappa shape index (κ2) is 4.07. The molecule has 1 atom stereocenters. The number of halogens is 1. The summed E-state index contributed by atoms with van der Waals surface area (Å²) >= 11 is 3.40. The lowest BCUT2D eigenvalue weighted by molar-refractivity contribution is -0.118. The number of benzene rings is 1. The molecule has 100 valence electrons. The summed E-state index contributed by atoms with van der Waals surface area (Å²) in [6.07, 6.45) is 0.924. The molecule has 0 spiro atoms. The third-order valence-corrected chi connectivity index (χ3v) is 4.45. The van der Waals surface area contributed by atoms with E-state index in [1.165, 1.54) is 0 Å². The Labute approximate surface area is 119 Å². The van der Waals surface area contributed by atoms with Crippen LogP contribution in [-0.2, 0) is 4.79 Å². The number of hydrogen-bond donors (Lipinski definition) is 1. The molecule has 1 fully saturated rings. The molecule has 0 bridgehead atoms. The Morgan fingerprint density at radius 1 is 1.47 bits per heavy atom. The minimum atomic E-state index is -0.179. The van der Waals surface area contributed by atoms with Crippen molar-refractivity contribution in [1.82, 2.24) is 0 Å². The first kappa shape index (κ1) is 12.7. The Bertz CT molecular complexity index is 595. The van der Waals surface area contributed by atoms with E-state index in [0.29, 0.717) is 21.5 Å². The molecular weight excluding hydrogens is 310 g/mol. The topological polar surface area (TPSA) is 55.4 Å². The maximum absolute atomic E-state index is 12.4. The molecule has 3 rings (SSSR count). The van der Waals surface area contributed by atoms with Gasteiger partial charge in [0.15, 0.2) is 12.4 Å². The van der Waals surface area contributed by atoms with Gasteiger partial charge < -0.3 is 10.1 Å². The van der Waals surface area contributed by atoms with Crippen LogP contribution in [0.4, 0.5) is 5.69 Å². The van der Waals surface area contributed by atoms with Crippen LogP contribution < -0.4 is 10.1 Å². The molecule has 1 unspecified atom stereocenters. The molecule has 1 aliphatic heterocycles. The van der Waals surface area contributed by atoms with Crippen LogP contribution >= 0.6 is 15.9 Å². The largest absolute Gasteiger partial charge is 0.482 e. The summed E-state index contributed by atoms with van der Waals surface area (Å²) in [7, 11) is 0. The van der Waals surface area contributed by atoms with Gasteiger partial charge in [-0.15, -0.1) is 0 Å². The van der Waals surface area contributed by atoms with Gasteiger partial charge in [-0.3, -0.25) is 9.59 Å². The van der Waals surface area contributed by atoms with Crippen molar-refractivity contribution in [3.05, 3.63) is 22.2 Å². The zero-order chi connectivity index (χ0) is 13.8. The molecule has 1 amide bonds. The molecule has 1 aliphatic carbocycles. The Hall–Kier alpha value is -1.36. The maximum Gasteiger partial charge on any atom is 0.262 e. The number of anilines is 1. The Morgan fingerprint density at radius 2 is 2.16 bits per heavy atom. The summed E-state index contributed by atoms with van der Waals surface area (Å²) in [4.78, 5) is 23.7. The third kappa shape index (κ3) is 2.16. The number of hydrogen-bond acceptors (Lipinski definition) is 3. The van der Waals surface area contributed by atoms with Crippen molar-refractivity contribution in [1.29, 1.82) is 0 Å². The van der Waals surface area contributed by atoms with Crippen molar-refractivity contribution in [2.45, 2.75) is 20.3 Å². The van der Waals surface area contributed by atoms with Gasteiger partial charge in [0.25, 0.3) is 5.91 Å². The van der Waals surface area contributed by atoms with E-state index in [1.54, 1.807) is 12.1 Å². The first-order valence-corrected chi connectivity index (χ1v) is 6.98. The number of fused-ring (bicyclic) bond motifs is 1. The van der Waals surface area contributed by atoms with Crippen LogP contribution in [0, 0.1) is 11.3 Å². The molecule has 1 heterocycles. The number of carbonyl (C=O) groups is 2. The fraction of sp³-hybridized carbons (Fsp3) is 0.429. The normalized spacial score (nSPS) is 23.1. The van der Waals surface area contributed by atoms with Gasteiger partial charge in [-0.1, -0.05) is 13.8 Å². The van der Waals surface area contributed by atoms with Gasteiger partial charge in [0, 0.05) is 16.0 Å². The lowest BCUT2D eigenvalue weighted by Crippen LogP contribution is -2.25. The smallest absolute Gasteiger partial charge is 0.262 e. The first-order chi connectivity index (χ1) is 8.88. The number of carbonyl (C=O) groups excluding carboxylic acids is 2. The van der Waals surface area contributed by atoms with Crippen molar-refractivity contribution in [2.24, 2.45) is 11.3 Å². The molecule has 1 aromatic rings. The van der Waals surface area contributed by atoms with Crippen LogP contribution in [0.1, 0.15) is 30.6 Å². The summed E-state index contributed by atoms with van der Waals surface area (Å²) in [5.74, 6) is 0.603. The molecular formula is C14H14BrNO3. The lowest BCUT2D eigenvalue weighted by Gasteiger charge is -2.19. The van der Waals surface area contributed by atoms with E-state index < -0.39 is 0 Å². The Morgan fingerprint density at radius 3 is 2.79 bits per heavy atom. The van der Waals surface area contributed by atoms with Gasteiger partial charge in [-0.2, -0.15) is 0 Å². The first-order valence-electron chi connectivity index (χ1n) is 6.19. The average molecular weight is 324 g/mol. The second-order valence-electron chi connectivity index (χ2n) is 5.77. The van der Waals surface area contributed by atoms with Gasteiger partial charge in [-0.25, -0.2) is 0 Å². The van der Waals surface area contributed by atoms with Crippen LogP contribution in [0.3, 0.4) is 0 Å². The molecule has 0 radical (unpaired) electrons. The molecule has 1 aromatic carbocycles. The molecule has 0 aromatic heterocycles. The standard InChI is InChI=1S/C14H14BrNO3/c1-14(2)5-8(14)13(18)7-3-11-10(4-9(7)15)16-12(17)6-19-11/h3-4,8H,5-6H2,1-2H3,(H,16,17). The fourth-order valence-electron chi connectivity index (χ4n) is 2.39. The monoisotopic (exact) mass is 323 g/mol. The highest BCUT2D eigenvalue weighted by Crippen LogP contribution is 2.53. The van der Waals surface area contributed by atoms with Crippen LogP contribution in [0.5, 0.6) is 5.75 Å². The summed E-state index contributed by atoms with van der Waals surface area (Å²) in [6, 6.07) is 3.45. The maximum atomic E-state index is 12.4. The molecule has 2 aliphatic rings. The zero-order valence-corrected chi connectivity index (χ0v) is 12.3. The molecule has 19 heavy (non-hydrogen) atoms. The Kier molecular flexibility index (Phi) is 2.71. The number of nitrogens with one attached hydrogen (secondary N) is 1. The van der Waals surface area contributed by atoms with Crippen LogP contribution in [-0.4, -0.2) is 18.3 Å². The summed E-state index contributed by atoms with van der Waals surface area (Å²) in [5, 5.41) is 2.72. The number of amides is 1. The highest BCUT2D eigenvalue weighted by atomic mass is 79.9. The van der Waals surface area contributed by atoms with Gasteiger partial charge in [0.2, 0.25) is 0 Å². The summed E-state index contributed by atoms with van der Waals surface area (Å²) in [6.45, 7) is 4.19. The molecule has 1 N–H and O–H groups in total. The summed E-state index contributed by atoms with van der Waals surface area (Å²) in [5.41, 5.74) is 1.34. The number of Topliss-reactive ketones (excluding diaryl/α,β-unsaturated/α-hetero) is 1. The minimum absolute atomic E-state index is 0.00279. The van der Waals surface area contributed by atoms with E-state index in [0.717, 1.165) is 6.42 Å². The van der Waals surface area contributed by atoms with Crippen molar-refractivity contribution in [3.8, 4) is 5.75 Å². The van der Waals surface area contributed by atoms with Crippen molar-refractivity contribution in [2.75, 3.05) is 11.9 Å². The highest BCUT2D eigenvalue weighted by molar-refractivity contribution is 9.10. The van der Waals surface area contributed by atoms with E-state index in [4.69, 9.17) is 4.74 Å². The minimum Gasteiger partial charge on any atom is -0.482 e. The van der Waals surface area contributed by atoms with Crippen molar-refractivity contribution < 1.29 is 14.3 Å². The predicted molar refractivity (Wildman–Crippen MR) is 74.5 cm³/mol. The number of rotatable bonds is 2. The highest BCUT2D eigenvalue weighted by Gasteiger charge is 2.50. The Balaban J connectivity index is 1.95. The fourth-order valence-corrected chi connectivity index (χ4v) is 2.93. The quantitative estimate of drug-likeness (QED) is 0.851. The van der Waals surface area contributed by atoms with Crippen molar-refractivity contribution in [3.63, 3.8) is 0 Å². The van der Waals surface area contributed by atoms with E-state index in [2.05, 4.69) is 35.1 Å². The average Bonchev–Trinajstić information content (AvgIpc) is 2.96. The van der Waals surface area contributed by atoms with Crippen LogP contribution in [0.2, 0.25) is 0 Å². The molecule has 4 nitrogen and oxygen atoms in total. The van der Waals surface area contributed by atoms with E-state index in [1.807, 2.05) is 0 Å². The predicted octanol–water partition coefficient (Wildman–Crippen LogP) is 3.01. The molecule has 1 saturated carbocycles. The zero-order valence-electron chi connectivity index (χ0n) is 10.7. The second-order valence-corrected chi connectivity index (χ2v) is 6.63. The SMILES string of the molecule is CC1(C)CC1C(=O)c1cc2c(cc1Br)NC(=O)CO2. The van der Waals surface area contributed by atoms with Crippen LogP contribution in [0.25, 0.3) is 0 Å². The lowest BCUT2D eigenvalue weighted by atomic mass is 10.0. The third-order valence-electron chi connectivity index (χ3n) is 3.80. The van der Waals surface area contributed by atoms with Gasteiger partial charge in [-0.05, 0) is 39.9 Å². The van der Waals surface area contributed by atoms with E-state index in [9.17, 15) is 9.59 Å².